The zero-order valence-corrected chi connectivity index (χ0v) is 8.70. The molecule has 1 fully saturated rings. The van der Waals surface area contributed by atoms with Crippen LogP contribution >= 0.6 is 11.6 Å². The predicted octanol–water partition coefficient (Wildman–Crippen LogP) is 4.31. The summed E-state index contributed by atoms with van der Waals surface area (Å²) in [5, 5.41) is 0.440. The van der Waals surface area contributed by atoms with E-state index in [-0.39, 0.29) is 0 Å². The van der Waals surface area contributed by atoms with Gasteiger partial charge in [0.2, 0.25) is 0 Å². The smallest absolute Gasteiger partial charge is 0.166 e. The van der Waals surface area contributed by atoms with Gasteiger partial charge in [0.1, 0.15) is 0 Å². The molecule has 1 aromatic rings. The third-order valence-electron chi connectivity index (χ3n) is 2.58. The van der Waals surface area contributed by atoms with Gasteiger partial charge in [0.15, 0.2) is 0 Å². The number of rotatable bonds is 2. The Morgan fingerprint density at radius 2 is 1.93 bits per heavy atom. The van der Waals surface area contributed by atoms with Gasteiger partial charge in [-0.15, -0.1) is 0 Å². The summed E-state index contributed by atoms with van der Waals surface area (Å²) >= 11 is 5.85. The SMILES string of the molecule is FC(F)(F)c1ccc(Cl)c(CC2CC2)c1. The summed E-state index contributed by atoms with van der Waals surface area (Å²) in [6.45, 7) is 0. The van der Waals surface area contributed by atoms with Crippen molar-refractivity contribution in [2.45, 2.75) is 25.4 Å². The lowest BCUT2D eigenvalue weighted by atomic mass is 10.1. The van der Waals surface area contributed by atoms with Gasteiger partial charge in [-0.1, -0.05) is 11.6 Å². The Kier molecular flexibility index (Phi) is 2.67. The average molecular weight is 235 g/mol. The first kappa shape index (κ1) is 10.8. The molecule has 1 saturated carbocycles. The molecule has 1 aromatic carbocycles. The quantitative estimate of drug-likeness (QED) is 0.715. The first-order chi connectivity index (χ1) is 6.97. The molecule has 0 aliphatic heterocycles. The highest BCUT2D eigenvalue weighted by molar-refractivity contribution is 6.31. The summed E-state index contributed by atoms with van der Waals surface area (Å²) in [5.74, 6) is 0.533. The Labute approximate surface area is 91.1 Å². The van der Waals surface area contributed by atoms with E-state index < -0.39 is 11.7 Å². The van der Waals surface area contributed by atoms with Gasteiger partial charge in [-0.25, -0.2) is 0 Å². The lowest BCUT2D eigenvalue weighted by Gasteiger charge is -2.10. The van der Waals surface area contributed by atoms with Gasteiger partial charge in [0.05, 0.1) is 5.56 Å². The molecule has 0 unspecified atom stereocenters. The van der Waals surface area contributed by atoms with Crippen LogP contribution in [-0.4, -0.2) is 0 Å². The van der Waals surface area contributed by atoms with E-state index in [4.69, 9.17) is 11.6 Å². The second-order valence-electron chi connectivity index (χ2n) is 3.95. The van der Waals surface area contributed by atoms with Gasteiger partial charge >= 0.3 is 6.18 Å². The standard InChI is InChI=1S/C11H10ClF3/c12-10-4-3-9(11(13,14)15)6-8(10)5-7-1-2-7/h3-4,6-7H,1-2,5H2. The number of alkyl halides is 3. The number of hydrogen-bond acceptors (Lipinski definition) is 0. The van der Waals surface area contributed by atoms with Crippen LogP contribution in [0.3, 0.4) is 0 Å². The summed E-state index contributed by atoms with van der Waals surface area (Å²) in [6, 6.07) is 3.53. The Morgan fingerprint density at radius 1 is 1.27 bits per heavy atom. The van der Waals surface area contributed by atoms with E-state index in [0.717, 1.165) is 18.9 Å². The van der Waals surface area contributed by atoms with Crippen LogP contribution in [0.25, 0.3) is 0 Å². The normalized spacial score (nSPS) is 16.8. The molecule has 0 N–H and O–H groups in total. The van der Waals surface area contributed by atoms with Crippen LogP contribution in [0, 0.1) is 5.92 Å². The first-order valence-corrected chi connectivity index (χ1v) is 5.20. The summed E-state index contributed by atoms with van der Waals surface area (Å²) in [7, 11) is 0. The molecule has 0 bridgehead atoms. The van der Waals surface area contributed by atoms with E-state index in [9.17, 15) is 13.2 Å². The molecule has 0 nitrogen and oxygen atoms in total. The molecule has 0 saturated heterocycles. The zero-order valence-electron chi connectivity index (χ0n) is 7.94. The van der Waals surface area contributed by atoms with E-state index >= 15 is 0 Å². The third-order valence-corrected chi connectivity index (χ3v) is 2.95. The molecule has 0 spiro atoms. The van der Waals surface area contributed by atoms with E-state index in [1.54, 1.807) is 0 Å². The average Bonchev–Trinajstić information content (AvgIpc) is 2.90. The summed E-state index contributed by atoms with van der Waals surface area (Å²) < 4.78 is 37.2. The van der Waals surface area contributed by atoms with Gasteiger partial charge in [0.25, 0.3) is 0 Å². The Balaban J connectivity index is 2.27. The van der Waals surface area contributed by atoms with Gasteiger partial charge in [-0.3, -0.25) is 0 Å². The Hall–Kier alpha value is -0.700. The molecular weight excluding hydrogens is 225 g/mol. The second-order valence-corrected chi connectivity index (χ2v) is 4.36. The fourth-order valence-corrected chi connectivity index (χ4v) is 1.74. The van der Waals surface area contributed by atoms with E-state index in [1.165, 1.54) is 12.1 Å². The molecule has 2 rings (SSSR count). The van der Waals surface area contributed by atoms with Crippen molar-refractivity contribution in [1.29, 1.82) is 0 Å². The van der Waals surface area contributed by atoms with Crippen LogP contribution < -0.4 is 0 Å². The van der Waals surface area contributed by atoms with Crippen molar-refractivity contribution in [3.05, 3.63) is 34.3 Å². The molecule has 15 heavy (non-hydrogen) atoms. The minimum absolute atomic E-state index is 0.440. The van der Waals surface area contributed by atoms with Crippen molar-refractivity contribution in [2.75, 3.05) is 0 Å². The minimum Gasteiger partial charge on any atom is -0.166 e. The molecule has 4 heteroatoms. The van der Waals surface area contributed by atoms with Crippen LogP contribution in [-0.2, 0) is 12.6 Å². The number of hydrogen-bond donors (Lipinski definition) is 0. The zero-order chi connectivity index (χ0) is 11.1. The van der Waals surface area contributed by atoms with Gasteiger partial charge in [-0.05, 0) is 48.9 Å². The summed E-state index contributed by atoms with van der Waals surface area (Å²) in [5.41, 5.74) is 0.0107. The van der Waals surface area contributed by atoms with Crippen molar-refractivity contribution in [2.24, 2.45) is 5.92 Å². The van der Waals surface area contributed by atoms with Crippen molar-refractivity contribution in [3.63, 3.8) is 0 Å². The lowest BCUT2D eigenvalue weighted by Crippen LogP contribution is -2.05. The van der Waals surface area contributed by atoms with E-state index in [0.29, 0.717) is 22.9 Å². The Morgan fingerprint density at radius 3 is 2.47 bits per heavy atom. The summed E-state index contributed by atoms with van der Waals surface area (Å²) in [4.78, 5) is 0. The van der Waals surface area contributed by atoms with Crippen molar-refractivity contribution in [3.8, 4) is 0 Å². The van der Waals surface area contributed by atoms with Gasteiger partial charge in [-0.2, -0.15) is 13.2 Å². The van der Waals surface area contributed by atoms with Crippen molar-refractivity contribution < 1.29 is 13.2 Å². The van der Waals surface area contributed by atoms with Crippen LogP contribution in [0.2, 0.25) is 5.02 Å². The number of halogens is 4. The largest absolute Gasteiger partial charge is 0.416 e. The molecule has 82 valence electrons. The Bertz CT molecular complexity index is 367. The molecule has 0 amide bonds. The highest BCUT2D eigenvalue weighted by atomic mass is 35.5. The van der Waals surface area contributed by atoms with Crippen LogP contribution in [0.15, 0.2) is 18.2 Å². The monoisotopic (exact) mass is 234 g/mol. The van der Waals surface area contributed by atoms with E-state index in [2.05, 4.69) is 0 Å². The van der Waals surface area contributed by atoms with Crippen LogP contribution in [0.5, 0.6) is 0 Å². The summed E-state index contributed by atoms with van der Waals surface area (Å²) in [6.07, 6.45) is -1.40. The topological polar surface area (TPSA) is 0 Å². The van der Waals surface area contributed by atoms with Crippen LogP contribution in [0.4, 0.5) is 13.2 Å². The van der Waals surface area contributed by atoms with Gasteiger partial charge < -0.3 is 0 Å². The molecule has 0 heterocycles. The van der Waals surface area contributed by atoms with Crippen molar-refractivity contribution >= 4 is 11.6 Å². The molecule has 1 aliphatic rings. The maximum atomic E-state index is 12.4. The maximum Gasteiger partial charge on any atom is 0.416 e. The first-order valence-electron chi connectivity index (χ1n) is 4.82. The molecule has 0 atom stereocenters. The molecular formula is C11H10ClF3. The fourth-order valence-electron chi connectivity index (χ4n) is 1.54. The van der Waals surface area contributed by atoms with E-state index in [1.807, 2.05) is 0 Å². The second kappa shape index (κ2) is 3.71. The molecule has 0 aromatic heterocycles. The third kappa shape index (κ3) is 2.65. The minimum atomic E-state index is -4.27. The lowest BCUT2D eigenvalue weighted by molar-refractivity contribution is -0.137. The van der Waals surface area contributed by atoms with Crippen LogP contribution in [0.1, 0.15) is 24.0 Å². The molecule has 1 aliphatic carbocycles. The van der Waals surface area contributed by atoms with Gasteiger partial charge in [0, 0.05) is 5.02 Å². The fraction of sp³-hybridized carbons (Fsp3) is 0.455. The maximum absolute atomic E-state index is 12.4. The highest BCUT2D eigenvalue weighted by Gasteiger charge is 2.31. The number of benzene rings is 1. The van der Waals surface area contributed by atoms with Crippen molar-refractivity contribution in [1.82, 2.24) is 0 Å². The predicted molar refractivity (Wildman–Crippen MR) is 52.9 cm³/mol. The highest BCUT2D eigenvalue weighted by Crippen LogP contribution is 2.37. The molecule has 0 radical (unpaired) electrons.